The van der Waals surface area contributed by atoms with Gasteiger partial charge in [-0.3, -0.25) is 0 Å². The maximum Gasteiger partial charge on any atom is 0.118 e. The lowest BCUT2D eigenvalue weighted by molar-refractivity contribution is 0.415. The lowest BCUT2D eigenvalue weighted by atomic mass is 10.2. The quantitative estimate of drug-likeness (QED) is 0.576. The molecule has 0 N–H and O–H groups in total. The van der Waals surface area contributed by atoms with Gasteiger partial charge in [0.1, 0.15) is 5.75 Å². The van der Waals surface area contributed by atoms with Gasteiger partial charge in [0, 0.05) is 11.9 Å². The molecule has 0 aliphatic heterocycles. The van der Waals surface area contributed by atoms with Crippen molar-refractivity contribution in [2.24, 2.45) is 0 Å². The van der Waals surface area contributed by atoms with Crippen molar-refractivity contribution in [2.75, 3.05) is 7.11 Å². The second-order valence-corrected chi connectivity index (χ2v) is 2.05. The fourth-order valence-corrected chi connectivity index (χ4v) is 0.775. The van der Waals surface area contributed by atoms with Crippen LogP contribution in [0.15, 0.2) is 24.3 Å². The van der Waals surface area contributed by atoms with Crippen LogP contribution in [0.2, 0.25) is 0 Å². The molecule has 55 valence electrons. The van der Waals surface area contributed by atoms with Crippen LogP contribution < -0.4 is 10.1 Å². The molecule has 2 nitrogen and oxygen atoms in total. The van der Waals surface area contributed by atoms with E-state index in [1.54, 1.807) is 7.11 Å². The maximum atomic E-state index is 8.31. The summed E-state index contributed by atoms with van der Waals surface area (Å²) in [6.45, 7) is 0. The molecular formula is C9H8NO. The molecule has 0 saturated heterocycles. The highest BCUT2D eigenvalue weighted by atomic mass is 16.5. The van der Waals surface area contributed by atoms with Gasteiger partial charge in [-0.25, -0.2) is 0 Å². The van der Waals surface area contributed by atoms with Gasteiger partial charge in [0.2, 0.25) is 0 Å². The van der Waals surface area contributed by atoms with E-state index in [-0.39, 0.29) is 0 Å². The Morgan fingerprint density at radius 2 is 2.00 bits per heavy atom. The molecule has 0 spiro atoms. The number of methoxy groups -OCH3 is 1. The fraction of sp³-hybridized carbons (Fsp3) is 0.111. The van der Waals surface area contributed by atoms with Gasteiger partial charge >= 0.3 is 0 Å². The molecule has 11 heavy (non-hydrogen) atoms. The van der Waals surface area contributed by atoms with Gasteiger partial charge in [0.15, 0.2) is 0 Å². The van der Waals surface area contributed by atoms with Crippen molar-refractivity contribution < 1.29 is 4.74 Å². The van der Waals surface area contributed by atoms with E-state index in [4.69, 9.17) is 10.1 Å². The zero-order valence-electron chi connectivity index (χ0n) is 6.24. The van der Waals surface area contributed by atoms with E-state index >= 15 is 0 Å². The molecule has 0 unspecified atom stereocenters. The first kappa shape index (κ1) is 7.58. The third-order valence-corrected chi connectivity index (χ3v) is 1.35. The SMILES string of the molecule is COc1ccc(C=C=[N])cc1. The zero-order chi connectivity index (χ0) is 8.10. The minimum Gasteiger partial charge on any atom is -0.497 e. The Morgan fingerprint density at radius 1 is 1.36 bits per heavy atom. The van der Waals surface area contributed by atoms with E-state index in [1.807, 2.05) is 30.1 Å². The van der Waals surface area contributed by atoms with Gasteiger partial charge < -0.3 is 4.74 Å². The smallest absolute Gasteiger partial charge is 0.118 e. The molecule has 0 heterocycles. The van der Waals surface area contributed by atoms with E-state index in [1.165, 1.54) is 6.08 Å². The molecule has 0 atom stereocenters. The number of hydrogen-bond donors (Lipinski definition) is 0. The Hall–Kier alpha value is -1.53. The first-order chi connectivity index (χ1) is 5.36. The maximum absolute atomic E-state index is 8.31. The Kier molecular flexibility index (Phi) is 2.47. The number of nitrogens with zero attached hydrogens (tertiary/aromatic N) is 1. The summed E-state index contributed by atoms with van der Waals surface area (Å²) in [5.41, 5.74) is 0.897. The van der Waals surface area contributed by atoms with Gasteiger partial charge in [0.25, 0.3) is 0 Å². The predicted octanol–water partition coefficient (Wildman–Crippen LogP) is 1.18. The average Bonchev–Trinajstić information content (AvgIpc) is 2.07. The van der Waals surface area contributed by atoms with Crippen molar-refractivity contribution in [3.8, 4) is 5.75 Å². The fourth-order valence-electron chi connectivity index (χ4n) is 0.775. The lowest BCUT2D eigenvalue weighted by Gasteiger charge is -1.97. The number of benzene rings is 1. The van der Waals surface area contributed by atoms with Gasteiger partial charge in [0.05, 0.1) is 7.11 Å². The second-order valence-electron chi connectivity index (χ2n) is 2.05. The van der Waals surface area contributed by atoms with Crippen molar-refractivity contribution in [3.63, 3.8) is 0 Å². The second kappa shape index (κ2) is 3.59. The first-order valence-corrected chi connectivity index (χ1v) is 3.23. The topological polar surface area (TPSA) is 31.5 Å². The molecule has 0 aliphatic rings. The lowest BCUT2D eigenvalue weighted by Crippen LogP contribution is -1.81. The molecule has 1 radical (unpaired) electrons. The highest BCUT2D eigenvalue weighted by molar-refractivity contribution is 5.76. The molecule has 0 aliphatic carbocycles. The van der Waals surface area contributed by atoms with E-state index in [0.717, 1.165) is 11.3 Å². The number of hydrogen-bond acceptors (Lipinski definition) is 1. The number of ether oxygens (including phenoxy) is 1. The molecular weight excluding hydrogens is 138 g/mol. The Balaban J connectivity index is 2.91. The Morgan fingerprint density at radius 3 is 2.45 bits per heavy atom. The summed E-state index contributed by atoms with van der Waals surface area (Å²) < 4.78 is 4.95. The summed E-state index contributed by atoms with van der Waals surface area (Å²) in [5, 5.41) is 8.31. The molecule has 0 amide bonds. The van der Waals surface area contributed by atoms with Crippen molar-refractivity contribution in [2.45, 2.75) is 0 Å². The molecule has 1 aromatic rings. The van der Waals surface area contributed by atoms with Crippen LogP contribution in [0.3, 0.4) is 0 Å². The molecule has 2 heteroatoms. The standard InChI is InChI=1S/C9H8NO/c1-11-9-4-2-8(3-5-9)6-7-10/h2-6H,1H3. The predicted molar refractivity (Wildman–Crippen MR) is 44.6 cm³/mol. The average molecular weight is 146 g/mol. The van der Waals surface area contributed by atoms with E-state index in [9.17, 15) is 0 Å². The molecule has 0 aromatic heterocycles. The molecule has 0 saturated carbocycles. The Bertz CT molecular complexity index is 270. The molecule has 1 rings (SSSR count). The highest BCUT2D eigenvalue weighted by Crippen LogP contribution is 2.11. The van der Waals surface area contributed by atoms with Crippen LogP contribution in [0.5, 0.6) is 5.75 Å². The van der Waals surface area contributed by atoms with E-state index < -0.39 is 0 Å². The summed E-state index contributed by atoms with van der Waals surface area (Å²) in [6.07, 6.45) is 1.49. The van der Waals surface area contributed by atoms with E-state index in [2.05, 4.69) is 0 Å². The summed E-state index contributed by atoms with van der Waals surface area (Å²) in [5.74, 6) is 2.76. The Labute approximate surface area is 65.6 Å². The van der Waals surface area contributed by atoms with Crippen molar-refractivity contribution in [1.29, 1.82) is 0 Å². The van der Waals surface area contributed by atoms with Gasteiger partial charge in [-0.1, -0.05) is 17.5 Å². The third kappa shape index (κ3) is 1.95. The van der Waals surface area contributed by atoms with Crippen LogP contribution in [0, 0.1) is 0 Å². The van der Waals surface area contributed by atoms with Crippen LogP contribution in [-0.4, -0.2) is 13.0 Å². The summed E-state index contributed by atoms with van der Waals surface area (Å²) in [7, 11) is 1.61. The monoisotopic (exact) mass is 146 g/mol. The van der Waals surface area contributed by atoms with Crippen molar-refractivity contribution in [3.05, 3.63) is 29.8 Å². The third-order valence-electron chi connectivity index (χ3n) is 1.35. The summed E-state index contributed by atoms with van der Waals surface area (Å²) in [6, 6.07) is 7.32. The highest BCUT2D eigenvalue weighted by Gasteiger charge is 1.88. The largest absolute Gasteiger partial charge is 0.497 e. The molecule has 0 bridgehead atoms. The van der Waals surface area contributed by atoms with Crippen molar-refractivity contribution >= 4 is 11.9 Å². The van der Waals surface area contributed by atoms with Crippen LogP contribution in [0.1, 0.15) is 5.56 Å². The van der Waals surface area contributed by atoms with Crippen LogP contribution in [0.4, 0.5) is 0 Å². The number of rotatable bonds is 2. The van der Waals surface area contributed by atoms with Crippen LogP contribution in [-0.2, 0) is 0 Å². The zero-order valence-corrected chi connectivity index (χ0v) is 6.24. The summed E-state index contributed by atoms with van der Waals surface area (Å²) >= 11 is 0. The van der Waals surface area contributed by atoms with Gasteiger partial charge in [-0.15, -0.1) is 0 Å². The minimum absolute atomic E-state index is 0.806. The molecule has 0 fully saturated rings. The minimum atomic E-state index is 0.806. The van der Waals surface area contributed by atoms with Crippen LogP contribution in [0.25, 0.3) is 6.08 Å². The van der Waals surface area contributed by atoms with Gasteiger partial charge in [-0.05, 0) is 17.7 Å². The normalized spacial score (nSPS) is 8.45. The first-order valence-electron chi connectivity index (χ1n) is 3.23. The van der Waals surface area contributed by atoms with Crippen molar-refractivity contribution in [1.82, 2.24) is 5.41 Å². The van der Waals surface area contributed by atoms with E-state index in [0.29, 0.717) is 0 Å². The van der Waals surface area contributed by atoms with Crippen LogP contribution >= 0.6 is 0 Å². The molecule has 1 aromatic carbocycles. The van der Waals surface area contributed by atoms with Gasteiger partial charge in [-0.2, -0.15) is 0 Å². The summed E-state index contributed by atoms with van der Waals surface area (Å²) in [4.78, 5) is 0.